The van der Waals surface area contributed by atoms with E-state index in [1.54, 1.807) is 13.0 Å². The van der Waals surface area contributed by atoms with E-state index < -0.39 is 17.7 Å². The number of carbonyl (C=O) groups is 2. The van der Waals surface area contributed by atoms with Crippen LogP contribution in [0.3, 0.4) is 0 Å². The SMILES string of the molecule is CCOC(=O)C1C(=O)Nc2ccc(C3(C(C)C)OCCO3)cc21. The third-order valence-electron chi connectivity index (χ3n) is 4.28. The second-order valence-electron chi connectivity index (χ2n) is 6.00. The highest BCUT2D eigenvalue weighted by molar-refractivity contribution is 6.15. The first-order valence-electron chi connectivity index (χ1n) is 7.89. The maximum absolute atomic E-state index is 12.1. The Kier molecular flexibility index (Phi) is 4.12. The molecule has 0 aliphatic carbocycles. The summed E-state index contributed by atoms with van der Waals surface area (Å²) in [5.41, 5.74) is 2.06. The maximum atomic E-state index is 12.1. The molecule has 23 heavy (non-hydrogen) atoms. The fourth-order valence-corrected chi connectivity index (χ4v) is 3.20. The lowest BCUT2D eigenvalue weighted by molar-refractivity contribution is -0.197. The van der Waals surface area contributed by atoms with Crippen LogP contribution in [0.15, 0.2) is 18.2 Å². The predicted molar refractivity (Wildman–Crippen MR) is 82.9 cm³/mol. The molecular weight excluding hydrogens is 298 g/mol. The minimum atomic E-state index is -0.935. The minimum Gasteiger partial charge on any atom is -0.465 e. The number of benzene rings is 1. The third kappa shape index (κ3) is 2.52. The molecule has 1 amide bonds. The van der Waals surface area contributed by atoms with Gasteiger partial charge in [-0.3, -0.25) is 9.59 Å². The number of anilines is 1. The van der Waals surface area contributed by atoms with Gasteiger partial charge in [-0.2, -0.15) is 0 Å². The standard InChI is InChI=1S/C17H21NO5/c1-4-21-16(20)14-12-9-11(5-6-13(12)18-15(14)19)17(10(2)3)22-7-8-23-17/h5-6,9-10,14H,4,7-8H2,1-3H3,(H,18,19). The van der Waals surface area contributed by atoms with E-state index in [1.807, 2.05) is 26.0 Å². The van der Waals surface area contributed by atoms with Crippen molar-refractivity contribution < 1.29 is 23.8 Å². The summed E-state index contributed by atoms with van der Waals surface area (Å²) >= 11 is 0. The fourth-order valence-electron chi connectivity index (χ4n) is 3.20. The summed E-state index contributed by atoms with van der Waals surface area (Å²) in [6, 6.07) is 5.48. The number of ether oxygens (including phenoxy) is 3. The number of amides is 1. The molecule has 6 heteroatoms. The molecule has 1 N–H and O–H groups in total. The molecule has 1 saturated heterocycles. The number of hydrogen-bond donors (Lipinski definition) is 1. The van der Waals surface area contributed by atoms with Crippen LogP contribution >= 0.6 is 0 Å². The Hall–Kier alpha value is -1.92. The van der Waals surface area contributed by atoms with E-state index in [1.165, 1.54) is 0 Å². The van der Waals surface area contributed by atoms with Gasteiger partial charge in [-0.15, -0.1) is 0 Å². The van der Waals surface area contributed by atoms with Gasteiger partial charge in [0.05, 0.1) is 19.8 Å². The summed E-state index contributed by atoms with van der Waals surface area (Å²) in [7, 11) is 0. The summed E-state index contributed by atoms with van der Waals surface area (Å²) in [6.07, 6.45) is 0. The summed E-state index contributed by atoms with van der Waals surface area (Å²) in [5.74, 6) is -2.57. The highest BCUT2D eigenvalue weighted by atomic mass is 16.7. The average Bonchev–Trinajstić information content (AvgIpc) is 3.10. The first kappa shape index (κ1) is 16.0. The summed E-state index contributed by atoms with van der Waals surface area (Å²) in [5, 5.41) is 2.72. The lowest BCUT2D eigenvalue weighted by Gasteiger charge is -2.32. The molecule has 6 nitrogen and oxygen atoms in total. The zero-order valence-electron chi connectivity index (χ0n) is 13.5. The number of nitrogens with one attached hydrogen (secondary N) is 1. The monoisotopic (exact) mass is 319 g/mol. The number of esters is 1. The van der Waals surface area contributed by atoms with E-state index in [0.717, 1.165) is 5.56 Å². The molecule has 0 saturated carbocycles. The van der Waals surface area contributed by atoms with Crippen LogP contribution in [0.4, 0.5) is 5.69 Å². The lowest BCUT2D eigenvalue weighted by Crippen LogP contribution is -2.33. The van der Waals surface area contributed by atoms with Crippen LogP contribution in [0.1, 0.15) is 37.8 Å². The van der Waals surface area contributed by atoms with Crippen LogP contribution in [-0.2, 0) is 29.6 Å². The van der Waals surface area contributed by atoms with E-state index in [2.05, 4.69) is 5.32 Å². The average molecular weight is 319 g/mol. The smallest absolute Gasteiger partial charge is 0.323 e. The molecule has 1 aromatic carbocycles. The first-order chi connectivity index (χ1) is 11.0. The van der Waals surface area contributed by atoms with Crippen molar-refractivity contribution in [2.75, 3.05) is 25.1 Å². The van der Waals surface area contributed by atoms with Crippen LogP contribution in [0.5, 0.6) is 0 Å². The Bertz CT molecular complexity index is 634. The summed E-state index contributed by atoms with van der Waals surface area (Å²) < 4.78 is 16.8. The molecule has 0 radical (unpaired) electrons. The van der Waals surface area contributed by atoms with E-state index in [0.29, 0.717) is 24.5 Å². The highest BCUT2D eigenvalue weighted by Crippen LogP contribution is 2.42. The third-order valence-corrected chi connectivity index (χ3v) is 4.28. The molecule has 2 aliphatic heterocycles. The van der Waals surface area contributed by atoms with Crippen molar-refractivity contribution in [2.45, 2.75) is 32.5 Å². The van der Waals surface area contributed by atoms with Gasteiger partial charge in [-0.25, -0.2) is 0 Å². The number of hydrogen-bond acceptors (Lipinski definition) is 5. The predicted octanol–water partition coefficient (Wildman–Crippen LogP) is 2.14. The summed E-state index contributed by atoms with van der Waals surface area (Å²) in [6.45, 7) is 7.03. The Balaban J connectivity index is 2.02. The minimum absolute atomic E-state index is 0.0918. The van der Waals surface area contributed by atoms with Crippen molar-refractivity contribution >= 4 is 17.6 Å². The first-order valence-corrected chi connectivity index (χ1v) is 7.89. The second kappa shape index (κ2) is 5.94. The Morgan fingerprint density at radius 1 is 1.39 bits per heavy atom. The van der Waals surface area contributed by atoms with Crippen molar-refractivity contribution in [2.24, 2.45) is 5.92 Å². The van der Waals surface area contributed by atoms with Gasteiger partial charge in [0.15, 0.2) is 11.7 Å². The van der Waals surface area contributed by atoms with Crippen LogP contribution in [0.2, 0.25) is 0 Å². The van der Waals surface area contributed by atoms with Crippen LogP contribution in [0, 0.1) is 5.92 Å². The molecule has 1 atom stereocenters. The molecule has 3 rings (SSSR count). The van der Waals surface area contributed by atoms with Crippen molar-refractivity contribution in [3.05, 3.63) is 29.3 Å². The van der Waals surface area contributed by atoms with Gasteiger partial charge in [0.2, 0.25) is 5.91 Å². The topological polar surface area (TPSA) is 73.9 Å². The fraction of sp³-hybridized carbons (Fsp3) is 0.529. The van der Waals surface area contributed by atoms with Gasteiger partial charge in [-0.05, 0) is 24.6 Å². The van der Waals surface area contributed by atoms with Gasteiger partial charge in [0.25, 0.3) is 0 Å². The van der Waals surface area contributed by atoms with E-state index in [9.17, 15) is 9.59 Å². The van der Waals surface area contributed by atoms with Crippen molar-refractivity contribution in [3.63, 3.8) is 0 Å². The van der Waals surface area contributed by atoms with Crippen LogP contribution in [0.25, 0.3) is 0 Å². The Morgan fingerprint density at radius 2 is 2.09 bits per heavy atom. The van der Waals surface area contributed by atoms with Gasteiger partial charge in [-0.1, -0.05) is 19.9 Å². The molecular formula is C17H21NO5. The Labute approximate surface area is 135 Å². The molecule has 124 valence electrons. The maximum Gasteiger partial charge on any atom is 0.323 e. The van der Waals surface area contributed by atoms with E-state index in [-0.39, 0.29) is 18.4 Å². The molecule has 1 aromatic rings. The van der Waals surface area contributed by atoms with E-state index >= 15 is 0 Å². The zero-order valence-corrected chi connectivity index (χ0v) is 13.5. The molecule has 0 aromatic heterocycles. The number of fused-ring (bicyclic) bond motifs is 1. The molecule has 0 spiro atoms. The number of rotatable bonds is 4. The normalized spacial score (nSPS) is 22.1. The second-order valence-corrected chi connectivity index (χ2v) is 6.00. The zero-order chi connectivity index (χ0) is 16.6. The molecule has 1 unspecified atom stereocenters. The molecule has 1 fully saturated rings. The molecule has 2 heterocycles. The molecule has 2 aliphatic rings. The van der Waals surface area contributed by atoms with Crippen molar-refractivity contribution in [3.8, 4) is 0 Å². The largest absolute Gasteiger partial charge is 0.465 e. The van der Waals surface area contributed by atoms with Crippen molar-refractivity contribution in [1.29, 1.82) is 0 Å². The highest BCUT2D eigenvalue weighted by Gasteiger charge is 2.44. The number of carbonyl (C=O) groups excluding carboxylic acids is 2. The quantitative estimate of drug-likeness (QED) is 0.680. The Morgan fingerprint density at radius 3 is 2.70 bits per heavy atom. The lowest BCUT2D eigenvalue weighted by atomic mass is 9.90. The van der Waals surface area contributed by atoms with E-state index in [4.69, 9.17) is 14.2 Å². The van der Waals surface area contributed by atoms with Gasteiger partial charge < -0.3 is 19.5 Å². The van der Waals surface area contributed by atoms with Gasteiger partial charge in [0, 0.05) is 17.2 Å². The molecule has 0 bridgehead atoms. The van der Waals surface area contributed by atoms with Gasteiger partial charge >= 0.3 is 5.97 Å². The van der Waals surface area contributed by atoms with Crippen LogP contribution in [-0.4, -0.2) is 31.7 Å². The van der Waals surface area contributed by atoms with Crippen LogP contribution < -0.4 is 5.32 Å². The van der Waals surface area contributed by atoms with Crippen molar-refractivity contribution in [1.82, 2.24) is 0 Å². The summed E-state index contributed by atoms with van der Waals surface area (Å²) in [4.78, 5) is 24.2. The van der Waals surface area contributed by atoms with Gasteiger partial charge in [0.1, 0.15) is 0 Å².